The number of piperidine rings is 1. The maximum atomic E-state index is 12.3. The third kappa shape index (κ3) is 3.68. The number of aliphatic hydroxyl groups excluding tert-OH is 1. The fourth-order valence-electron chi connectivity index (χ4n) is 2.89. The van der Waals surface area contributed by atoms with Gasteiger partial charge in [0.25, 0.3) is 5.91 Å². The molecule has 126 valence electrons. The molecule has 5 nitrogen and oxygen atoms in total. The number of benzene rings is 2. The zero-order valence-corrected chi connectivity index (χ0v) is 13.7. The van der Waals surface area contributed by atoms with Crippen molar-refractivity contribution >= 4 is 17.3 Å². The van der Waals surface area contributed by atoms with Crippen LogP contribution in [0.2, 0.25) is 0 Å². The maximum absolute atomic E-state index is 12.3. The Hall–Kier alpha value is -2.53. The van der Waals surface area contributed by atoms with Crippen LogP contribution in [0.3, 0.4) is 0 Å². The lowest BCUT2D eigenvalue weighted by Gasteiger charge is -2.31. The Bertz CT molecular complexity index is 720. The maximum Gasteiger partial charge on any atom is 0.255 e. The van der Waals surface area contributed by atoms with Crippen LogP contribution in [-0.4, -0.2) is 35.3 Å². The monoisotopic (exact) mass is 326 g/mol. The van der Waals surface area contributed by atoms with Crippen LogP contribution in [0.25, 0.3) is 0 Å². The van der Waals surface area contributed by atoms with Crippen LogP contribution in [0, 0.1) is 6.92 Å². The number of nitrogens with one attached hydrogen (secondary N) is 1. The standard InChI is InChI=1S/C19H22N2O3/c1-13-2-7-17(18(23)12-13)20-19(24)14-3-5-15(6-4-14)21-10-8-16(22)9-11-21/h2-7,12,16,22-23H,8-11H2,1H3,(H,20,24). The topological polar surface area (TPSA) is 72.8 Å². The molecular formula is C19H22N2O3. The molecule has 0 bridgehead atoms. The first-order valence-electron chi connectivity index (χ1n) is 8.17. The predicted octanol–water partition coefficient (Wildman–Crippen LogP) is 2.91. The van der Waals surface area contributed by atoms with Crippen molar-refractivity contribution in [2.45, 2.75) is 25.9 Å². The van der Waals surface area contributed by atoms with Gasteiger partial charge in [-0.1, -0.05) is 6.07 Å². The lowest BCUT2D eigenvalue weighted by Crippen LogP contribution is -2.35. The number of carbonyl (C=O) groups is 1. The number of aryl methyl sites for hydroxylation is 1. The van der Waals surface area contributed by atoms with Gasteiger partial charge in [-0.15, -0.1) is 0 Å². The van der Waals surface area contributed by atoms with Crippen molar-refractivity contribution in [1.29, 1.82) is 0 Å². The van der Waals surface area contributed by atoms with E-state index in [9.17, 15) is 15.0 Å². The first-order chi connectivity index (χ1) is 11.5. The van der Waals surface area contributed by atoms with Gasteiger partial charge >= 0.3 is 0 Å². The van der Waals surface area contributed by atoms with Gasteiger partial charge in [0.05, 0.1) is 11.8 Å². The highest BCUT2D eigenvalue weighted by Gasteiger charge is 2.17. The number of carbonyl (C=O) groups excluding carboxylic acids is 1. The molecule has 1 aliphatic rings. The third-order valence-corrected chi connectivity index (χ3v) is 4.36. The number of amides is 1. The second kappa shape index (κ2) is 6.93. The molecule has 3 N–H and O–H groups in total. The number of phenolic OH excluding ortho intramolecular Hbond substituents is 1. The van der Waals surface area contributed by atoms with Gasteiger partial charge in [0, 0.05) is 24.3 Å². The van der Waals surface area contributed by atoms with Crippen molar-refractivity contribution in [3.63, 3.8) is 0 Å². The summed E-state index contributed by atoms with van der Waals surface area (Å²) in [7, 11) is 0. The average molecular weight is 326 g/mol. The molecular weight excluding hydrogens is 304 g/mol. The summed E-state index contributed by atoms with van der Waals surface area (Å²) in [6, 6.07) is 12.5. The molecule has 0 saturated carbocycles. The van der Waals surface area contributed by atoms with Crippen molar-refractivity contribution in [2.24, 2.45) is 0 Å². The van der Waals surface area contributed by atoms with E-state index in [0.29, 0.717) is 11.3 Å². The summed E-state index contributed by atoms with van der Waals surface area (Å²) in [6.07, 6.45) is 1.35. The van der Waals surface area contributed by atoms with E-state index in [0.717, 1.165) is 37.2 Å². The minimum Gasteiger partial charge on any atom is -0.506 e. The minimum atomic E-state index is -0.255. The molecule has 1 amide bonds. The predicted molar refractivity (Wildman–Crippen MR) is 94.7 cm³/mol. The number of hydrogen-bond acceptors (Lipinski definition) is 4. The lowest BCUT2D eigenvalue weighted by atomic mass is 10.1. The quantitative estimate of drug-likeness (QED) is 0.758. The molecule has 24 heavy (non-hydrogen) atoms. The SMILES string of the molecule is Cc1ccc(NC(=O)c2ccc(N3CCC(O)CC3)cc2)c(O)c1. The first kappa shape index (κ1) is 16.3. The van der Waals surface area contributed by atoms with Crippen LogP contribution in [-0.2, 0) is 0 Å². The molecule has 0 aliphatic carbocycles. The fraction of sp³-hybridized carbons (Fsp3) is 0.316. The smallest absolute Gasteiger partial charge is 0.255 e. The number of aliphatic hydroxyl groups is 1. The highest BCUT2D eigenvalue weighted by atomic mass is 16.3. The Balaban J connectivity index is 1.67. The second-order valence-corrected chi connectivity index (χ2v) is 6.24. The average Bonchev–Trinajstić information content (AvgIpc) is 2.58. The van der Waals surface area contributed by atoms with Crippen LogP contribution >= 0.6 is 0 Å². The highest BCUT2D eigenvalue weighted by Crippen LogP contribution is 2.25. The normalized spacial score (nSPS) is 15.3. The molecule has 1 heterocycles. The number of nitrogens with zero attached hydrogens (tertiary/aromatic N) is 1. The minimum absolute atomic E-state index is 0.0619. The van der Waals surface area contributed by atoms with Gasteiger partial charge in [-0.05, 0) is 61.7 Å². The molecule has 1 aliphatic heterocycles. The van der Waals surface area contributed by atoms with Crippen LogP contribution < -0.4 is 10.2 Å². The molecule has 5 heteroatoms. The Morgan fingerprint density at radius 1 is 1.12 bits per heavy atom. The van der Waals surface area contributed by atoms with E-state index in [1.165, 1.54) is 0 Å². The Morgan fingerprint density at radius 3 is 2.42 bits per heavy atom. The third-order valence-electron chi connectivity index (χ3n) is 4.36. The summed E-state index contributed by atoms with van der Waals surface area (Å²) < 4.78 is 0. The van der Waals surface area contributed by atoms with E-state index in [2.05, 4.69) is 10.2 Å². The molecule has 3 rings (SSSR count). The fourth-order valence-corrected chi connectivity index (χ4v) is 2.89. The van der Waals surface area contributed by atoms with Crippen LogP contribution in [0.15, 0.2) is 42.5 Å². The number of aromatic hydroxyl groups is 1. The van der Waals surface area contributed by atoms with Gasteiger partial charge in [-0.25, -0.2) is 0 Å². The highest BCUT2D eigenvalue weighted by molar-refractivity contribution is 6.05. The Labute approximate surface area is 141 Å². The molecule has 0 atom stereocenters. The zero-order chi connectivity index (χ0) is 17.1. The second-order valence-electron chi connectivity index (χ2n) is 6.24. The van der Waals surface area contributed by atoms with E-state index in [1.54, 1.807) is 24.3 Å². The van der Waals surface area contributed by atoms with Crippen LogP contribution in [0.4, 0.5) is 11.4 Å². The number of hydrogen-bond donors (Lipinski definition) is 3. The number of rotatable bonds is 3. The van der Waals surface area contributed by atoms with Crippen molar-refractivity contribution in [2.75, 3.05) is 23.3 Å². The van der Waals surface area contributed by atoms with E-state index in [1.807, 2.05) is 25.1 Å². The summed E-state index contributed by atoms with van der Waals surface area (Å²) >= 11 is 0. The van der Waals surface area contributed by atoms with E-state index in [4.69, 9.17) is 0 Å². The summed E-state index contributed by atoms with van der Waals surface area (Å²) in [5, 5.41) is 22.2. The lowest BCUT2D eigenvalue weighted by molar-refractivity contribution is 0.102. The molecule has 1 saturated heterocycles. The molecule has 1 fully saturated rings. The summed E-state index contributed by atoms with van der Waals surface area (Å²) in [6.45, 7) is 3.53. The van der Waals surface area contributed by atoms with Crippen LogP contribution in [0.1, 0.15) is 28.8 Å². The van der Waals surface area contributed by atoms with Gasteiger partial charge in [0.15, 0.2) is 0 Å². The van der Waals surface area contributed by atoms with Gasteiger partial charge in [-0.2, -0.15) is 0 Å². The van der Waals surface area contributed by atoms with E-state index < -0.39 is 0 Å². The first-order valence-corrected chi connectivity index (χ1v) is 8.17. The largest absolute Gasteiger partial charge is 0.506 e. The van der Waals surface area contributed by atoms with Crippen molar-refractivity contribution in [1.82, 2.24) is 0 Å². The van der Waals surface area contributed by atoms with Crippen molar-refractivity contribution < 1.29 is 15.0 Å². The molecule has 0 spiro atoms. The van der Waals surface area contributed by atoms with Gasteiger partial charge in [-0.3, -0.25) is 4.79 Å². The Kier molecular flexibility index (Phi) is 4.71. The molecule has 2 aromatic rings. The van der Waals surface area contributed by atoms with Gasteiger partial charge in [0.1, 0.15) is 5.75 Å². The molecule has 2 aromatic carbocycles. The Morgan fingerprint density at radius 2 is 1.79 bits per heavy atom. The van der Waals surface area contributed by atoms with Crippen molar-refractivity contribution in [3.05, 3.63) is 53.6 Å². The van der Waals surface area contributed by atoms with Gasteiger partial charge < -0.3 is 20.4 Å². The molecule has 0 unspecified atom stereocenters. The summed E-state index contributed by atoms with van der Waals surface area (Å²) in [4.78, 5) is 14.5. The summed E-state index contributed by atoms with van der Waals surface area (Å²) in [5.74, 6) is -0.193. The van der Waals surface area contributed by atoms with Crippen molar-refractivity contribution in [3.8, 4) is 5.75 Å². The van der Waals surface area contributed by atoms with E-state index in [-0.39, 0.29) is 17.8 Å². The molecule has 0 aromatic heterocycles. The number of phenols is 1. The van der Waals surface area contributed by atoms with Crippen LogP contribution in [0.5, 0.6) is 5.75 Å². The zero-order valence-electron chi connectivity index (χ0n) is 13.7. The van der Waals surface area contributed by atoms with Gasteiger partial charge in [0.2, 0.25) is 0 Å². The summed E-state index contributed by atoms with van der Waals surface area (Å²) in [5.41, 5.74) is 2.92. The number of anilines is 2. The molecule has 0 radical (unpaired) electrons. The van der Waals surface area contributed by atoms with E-state index >= 15 is 0 Å².